The van der Waals surface area contributed by atoms with Gasteiger partial charge in [-0.15, -0.1) is 6.42 Å². The molecule has 1 aliphatic heterocycles. The summed E-state index contributed by atoms with van der Waals surface area (Å²) in [7, 11) is 0. The number of carbonyl (C=O) groups is 1. The topological polar surface area (TPSA) is 53.6 Å². The van der Waals surface area contributed by atoms with Crippen molar-refractivity contribution in [2.75, 3.05) is 45.9 Å². The lowest BCUT2D eigenvalue weighted by molar-refractivity contribution is -0.122. The fourth-order valence-electron chi connectivity index (χ4n) is 1.83. The molecule has 0 saturated carbocycles. The van der Waals surface area contributed by atoms with Crippen LogP contribution in [0.5, 0.6) is 0 Å². The molecule has 0 aromatic heterocycles. The van der Waals surface area contributed by atoms with Gasteiger partial charge in [-0.1, -0.05) is 5.92 Å². The first kappa shape index (κ1) is 15.0. The van der Waals surface area contributed by atoms with Crippen LogP contribution in [0.25, 0.3) is 0 Å². The van der Waals surface area contributed by atoms with Gasteiger partial charge in [0.2, 0.25) is 5.91 Å². The van der Waals surface area contributed by atoms with Crippen molar-refractivity contribution in [3.63, 3.8) is 0 Å². The van der Waals surface area contributed by atoms with Crippen LogP contribution in [-0.4, -0.2) is 62.8 Å². The number of nitrogens with zero attached hydrogens (tertiary/aromatic N) is 1. The van der Waals surface area contributed by atoms with Crippen molar-refractivity contribution in [3.8, 4) is 12.3 Å². The van der Waals surface area contributed by atoms with E-state index >= 15 is 0 Å². The van der Waals surface area contributed by atoms with Gasteiger partial charge in [0, 0.05) is 13.1 Å². The summed E-state index contributed by atoms with van der Waals surface area (Å²) in [6.07, 6.45) is 6.11. The fraction of sp³-hybridized carbons (Fsp3) is 0.769. The van der Waals surface area contributed by atoms with Gasteiger partial charge in [0.15, 0.2) is 0 Å². The maximum atomic E-state index is 11.5. The van der Waals surface area contributed by atoms with Crippen LogP contribution in [0.3, 0.4) is 0 Å². The number of hydrogen-bond donors (Lipinski definition) is 2. The molecule has 0 aromatic rings. The lowest BCUT2D eigenvalue weighted by Gasteiger charge is -2.26. The number of hydrogen-bond acceptors (Lipinski definition) is 4. The minimum atomic E-state index is -0.192. The van der Waals surface area contributed by atoms with Crippen LogP contribution in [0.1, 0.15) is 13.3 Å². The molecule has 5 nitrogen and oxygen atoms in total. The maximum Gasteiger partial charge on any atom is 0.237 e. The van der Waals surface area contributed by atoms with E-state index < -0.39 is 0 Å². The molecule has 0 bridgehead atoms. The van der Waals surface area contributed by atoms with Gasteiger partial charge in [0.05, 0.1) is 25.8 Å². The number of terminal acetylenes is 1. The summed E-state index contributed by atoms with van der Waals surface area (Å²) in [6, 6.07) is -0.192. The van der Waals surface area contributed by atoms with E-state index in [-0.39, 0.29) is 11.9 Å². The van der Waals surface area contributed by atoms with Gasteiger partial charge in [0.25, 0.3) is 0 Å². The van der Waals surface area contributed by atoms with Gasteiger partial charge >= 0.3 is 0 Å². The summed E-state index contributed by atoms with van der Waals surface area (Å²) in [6.45, 7) is 7.71. The lowest BCUT2D eigenvalue weighted by atomic mass is 10.3. The minimum absolute atomic E-state index is 0.0423. The van der Waals surface area contributed by atoms with E-state index in [1.807, 2.05) is 6.92 Å². The van der Waals surface area contributed by atoms with Crippen molar-refractivity contribution < 1.29 is 9.53 Å². The molecule has 1 heterocycles. The van der Waals surface area contributed by atoms with Crippen molar-refractivity contribution in [2.24, 2.45) is 0 Å². The molecule has 1 fully saturated rings. The normalized spacial score (nSPS) is 18.0. The van der Waals surface area contributed by atoms with Gasteiger partial charge in [0.1, 0.15) is 0 Å². The van der Waals surface area contributed by atoms with Crippen molar-refractivity contribution in [1.29, 1.82) is 0 Å². The summed E-state index contributed by atoms with van der Waals surface area (Å²) >= 11 is 0. The standard InChI is InChI=1S/C13H23N3O2/c1-3-5-15-13(17)12(2)14-6-4-7-16-8-10-18-11-9-16/h1,12,14H,4-11H2,2H3,(H,15,17). The van der Waals surface area contributed by atoms with Crippen molar-refractivity contribution in [3.05, 3.63) is 0 Å². The first-order chi connectivity index (χ1) is 8.74. The van der Waals surface area contributed by atoms with Crippen LogP contribution in [0, 0.1) is 12.3 Å². The van der Waals surface area contributed by atoms with Gasteiger partial charge in [-0.05, 0) is 26.4 Å². The lowest BCUT2D eigenvalue weighted by Crippen LogP contribution is -2.43. The van der Waals surface area contributed by atoms with Gasteiger partial charge in [-0.3, -0.25) is 9.69 Å². The Hall–Kier alpha value is -1.09. The maximum absolute atomic E-state index is 11.5. The van der Waals surface area contributed by atoms with Gasteiger partial charge in [-0.25, -0.2) is 0 Å². The van der Waals surface area contributed by atoms with Crippen LogP contribution >= 0.6 is 0 Å². The van der Waals surface area contributed by atoms with E-state index in [4.69, 9.17) is 11.2 Å². The minimum Gasteiger partial charge on any atom is -0.379 e. The van der Waals surface area contributed by atoms with Crippen molar-refractivity contribution >= 4 is 5.91 Å². The molecule has 1 saturated heterocycles. The summed E-state index contributed by atoms with van der Waals surface area (Å²) in [4.78, 5) is 13.9. The summed E-state index contributed by atoms with van der Waals surface area (Å²) in [5.74, 6) is 2.34. The van der Waals surface area contributed by atoms with Crippen LogP contribution in [0.15, 0.2) is 0 Å². The Balaban J connectivity index is 2.02. The SMILES string of the molecule is C#CCNC(=O)C(C)NCCCN1CCOCC1. The predicted molar refractivity (Wildman–Crippen MR) is 71.2 cm³/mol. The monoisotopic (exact) mass is 253 g/mol. The fourth-order valence-corrected chi connectivity index (χ4v) is 1.83. The zero-order chi connectivity index (χ0) is 13.2. The molecule has 1 atom stereocenters. The highest BCUT2D eigenvalue weighted by molar-refractivity contribution is 5.81. The largest absolute Gasteiger partial charge is 0.379 e. The Labute approximate surface area is 109 Å². The van der Waals surface area contributed by atoms with E-state index in [1.54, 1.807) is 0 Å². The highest BCUT2D eigenvalue weighted by Crippen LogP contribution is 1.97. The number of ether oxygens (including phenoxy) is 1. The Morgan fingerprint density at radius 2 is 2.22 bits per heavy atom. The second-order valence-electron chi connectivity index (χ2n) is 4.41. The molecular weight excluding hydrogens is 230 g/mol. The smallest absolute Gasteiger partial charge is 0.237 e. The Bertz CT molecular complexity index is 282. The summed E-state index contributed by atoms with van der Waals surface area (Å²) in [5, 5.41) is 5.85. The van der Waals surface area contributed by atoms with E-state index in [2.05, 4.69) is 21.5 Å². The van der Waals surface area contributed by atoms with E-state index in [1.165, 1.54) is 0 Å². The van der Waals surface area contributed by atoms with E-state index in [0.717, 1.165) is 45.8 Å². The summed E-state index contributed by atoms with van der Waals surface area (Å²) < 4.78 is 5.29. The molecule has 1 amide bonds. The molecule has 1 rings (SSSR count). The third-order valence-corrected chi connectivity index (χ3v) is 2.96. The second-order valence-corrected chi connectivity index (χ2v) is 4.41. The molecule has 0 spiro atoms. The number of amides is 1. The third-order valence-electron chi connectivity index (χ3n) is 2.96. The molecule has 5 heteroatoms. The highest BCUT2D eigenvalue weighted by Gasteiger charge is 2.12. The predicted octanol–water partition coefficient (Wildman–Crippen LogP) is -0.564. The average Bonchev–Trinajstić information content (AvgIpc) is 2.41. The number of rotatable bonds is 7. The first-order valence-corrected chi connectivity index (χ1v) is 6.48. The Kier molecular flexibility index (Phi) is 7.42. The molecule has 0 aromatic carbocycles. The molecule has 0 aliphatic carbocycles. The number of nitrogens with one attached hydrogen (secondary N) is 2. The van der Waals surface area contributed by atoms with E-state index in [0.29, 0.717) is 6.54 Å². The molecular formula is C13H23N3O2. The summed E-state index contributed by atoms with van der Waals surface area (Å²) in [5.41, 5.74) is 0. The van der Waals surface area contributed by atoms with Crippen LogP contribution in [0.2, 0.25) is 0 Å². The zero-order valence-electron chi connectivity index (χ0n) is 11.1. The van der Waals surface area contributed by atoms with Gasteiger partial charge < -0.3 is 15.4 Å². The van der Waals surface area contributed by atoms with E-state index in [9.17, 15) is 4.79 Å². The van der Waals surface area contributed by atoms with Crippen molar-refractivity contribution in [1.82, 2.24) is 15.5 Å². The first-order valence-electron chi connectivity index (χ1n) is 6.48. The van der Waals surface area contributed by atoms with Crippen LogP contribution in [0.4, 0.5) is 0 Å². The number of morpholine rings is 1. The highest BCUT2D eigenvalue weighted by atomic mass is 16.5. The van der Waals surface area contributed by atoms with Gasteiger partial charge in [-0.2, -0.15) is 0 Å². The van der Waals surface area contributed by atoms with Crippen molar-refractivity contribution in [2.45, 2.75) is 19.4 Å². The number of carbonyl (C=O) groups excluding carboxylic acids is 1. The Morgan fingerprint density at radius 1 is 1.50 bits per heavy atom. The second kappa shape index (κ2) is 8.92. The zero-order valence-corrected chi connectivity index (χ0v) is 11.1. The molecule has 1 unspecified atom stereocenters. The molecule has 0 radical (unpaired) electrons. The third kappa shape index (κ3) is 6.01. The molecule has 18 heavy (non-hydrogen) atoms. The molecule has 102 valence electrons. The Morgan fingerprint density at radius 3 is 2.89 bits per heavy atom. The quantitative estimate of drug-likeness (QED) is 0.471. The molecule has 1 aliphatic rings. The van der Waals surface area contributed by atoms with Crippen LogP contribution in [-0.2, 0) is 9.53 Å². The van der Waals surface area contributed by atoms with Crippen LogP contribution < -0.4 is 10.6 Å². The molecule has 2 N–H and O–H groups in total. The average molecular weight is 253 g/mol.